The highest BCUT2D eigenvalue weighted by atomic mass is 127. The van der Waals surface area contributed by atoms with Gasteiger partial charge in [-0.1, -0.05) is 12.8 Å². The van der Waals surface area contributed by atoms with E-state index in [-0.39, 0.29) is 29.9 Å². The first-order chi connectivity index (χ1) is 13.2. The van der Waals surface area contributed by atoms with Crippen molar-refractivity contribution in [2.45, 2.75) is 45.4 Å². The summed E-state index contributed by atoms with van der Waals surface area (Å²) >= 11 is 0. The number of hydrogen-bond donors (Lipinski definition) is 2. The van der Waals surface area contributed by atoms with E-state index in [4.69, 9.17) is 14.2 Å². The fourth-order valence-corrected chi connectivity index (χ4v) is 2.74. The lowest BCUT2D eigenvalue weighted by molar-refractivity contribution is -0.143. The zero-order valence-electron chi connectivity index (χ0n) is 16.8. The van der Waals surface area contributed by atoms with E-state index in [1.54, 1.807) is 7.05 Å². The number of hydrogen-bond acceptors (Lipinski definition) is 5. The number of unbranched alkanes of at least 4 members (excludes halogenated alkanes) is 3. The van der Waals surface area contributed by atoms with Crippen LogP contribution in [-0.2, 0) is 9.53 Å². The molecule has 0 amide bonds. The van der Waals surface area contributed by atoms with Crippen molar-refractivity contribution in [2.24, 2.45) is 4.99 Å². The first kappa shape index (κ1) is 24.3. The number of ether oxygens (including phenoxy) is 3. The molecule has 158 valence electrons. The fourth-order valence-electron chi connectivity index (χ4n) is 2.74. The molecule has 0 aromatic heterocycles. The van der Waals surface area contributed by atoms with Crippen LogP contribution in [0.3, 0.4) is 0 Å². The second kappa shape index (κ2) is 14.3. The van der Waals surface area contributed by atoms with Gasteiger partial charge in [0.2, 0.25) is 0 Å². The van der Waals surface area contributed by atoms with Gasteiger partial charge in [-0.05, 0) is 31.9 Å². The third-order valence-corrected chi connectivity index (χ3v) is 4.14. The van der Waals surface area contributed by atoms with Crippen LogP contribution in [0.15, 0.2) is 23.2 Å². The molecular formula is C20H32IN3O4. The molecule has 0 spiro atoms. The third-order valence-electron chi connectivity index (χ3n) is 4.14. The van der Waals surface area contributed by atoms with Crippen LogP contribution in [-0.4, -0.2) is 45.3 Å². The molecule has 0 fully saturated rings. The van der Waals surface area contributed by atoms with E-state index in [1.165, 1.54) is 0 Å². The van der Waals surface area contributed by atoms with Crippen molar-refractivity contribution < 1.29 is 19.0 Å². The molecule has 0 aliphatic carbocycles. The molecular weight excluding hydrogens is 473 g/mol. The van der Waals surface area contributed by atoms with Gasteiger partial charge in [0.25, 0.3) is 0 Å². The van der Waals surface area contributed by atoms with E-state index in [2.05, 4.69) is 15.6 Å². The zero-order chi connectivity index (χ0) is 19.3. The first-order valence-corrected chi connectivity index (χ1v) is 9.76. The van der Waals surface area contributed by atoms with E-state index in [1.807, 2.05) is 25.1 Å². The number of carbonyl (C=O) groups is 1. The van der Waals surface area contributed by atoms with Crippen molar-refractivity contribution in [3.63, 3.8) is 0 Å². The number of anilines is 1. The molecule has 8 heteroatoms. The number of fused-ring (bicyclic) bond motifs is 1. The van der Waals surface area contributed by atoms with Gasteiger partial charge < -0.3 is 24.8 Å². The van der Waals surface area contributed by atoms with Crippen LogP contribution in [0.2, 0.25) is 0 Å². The molecule has 7 nitrogen and oxygen atoms in total. The topological polar surface area (TPSA) is 81.2 Å². The quantitative estimate of drug-likeness (QED) is 0.174. The summed E-state index contributed by atoms with van der Waals surface area (Å²) in [5.41, 5.74) is 0.904. The largest absolute Gasteiger partial charge is 0.490 e. The molecule has 0 bridgehead atoms. The minimum Gasteiger partial charge on any atom is -0.490 e. The molecule has 0 radical (unpaired) electrons. The number of benzene rings is 1. The summed E-state index contributed by atoms with van der Waals surface area (Å²) in [6, 6.07) is 5.80. The SMILES string of the molecule is CCOC(=O)CCCCCCNC(=NC)Nc1ccc2c(c1)OCCCO2.I. The Hall–Kier alpha value is -1.71. The predicted octanol–water partition coefficient (Wildman–Crippen LogP) is 3.97. The van der Waals surface area contributed by atoms with Gasteiger partial charge in [-0.15, -0.1) is 24.0 Å². The molecule has 1 aliphatic rings. The van der Waals surface area contributed by atoms with Gasteiger partial charge in [0, 0.05) is 38.2 Å². The van der Waals surface area contributed by atoms with E-state index >= 15 is 0 Å². The van der Waals surface area contributed by atoms with Crippen LogP contribution in [0, 0.1) is 0 Å². The molecule has 2 rings (SSSR count). The van der Waals surface area contributed by atoms with Gasteiger partial charge in [0.15, 0.2) is 17.5 Å². The van der Waals surface area contributed by atoms with E-state index in [0.29, 0.717) is 26.2 Å². The van der Waals surface area contributed by atoms with Gasteiger partial charge in [-0.2, -0.15) is 0 Å². The number of nitrogens with zero attached hydrogens (tertiary/aromatic N) is 1. The van der Waals surface area contributed by atoms with Crippen LogP contribution >= 0.6 is 24.0 Å². The van der Waals surface area contributed by atoms with Gasteiger partial charge >= 0.3 is 5.97 Å². The molecule has 28 heavy (non-hydrogen) atoms. The van der Waals surface area contributed by atoms with Crippen LogP contribution < -0.4 is 20.1 Å². The summed E-state index contributed by atoms with van der Waals surface area (Å²) < 4.78 is 16.3. The number of nitrogens with one attached hydrogen (secondary N) is 2. The maximum absolute atomic E-state index is 11.3. The van der Waals surface area contributed by atoms with Crippen LogP contribution in [0.25, 0.3) is 0 Å². The fraction of sp³-hybridized carbons (Fsp3) is 0.600. The highest BCUT2D eigenvalue weighted by Crippen LogP contribution is 2.32. The van der Waals surface area contributed by atoms with Crippen molar-refractivity contribution in [1.82, 2.24) is 5.32 Å². The average molecular weight is 505 g/mol. The van der Waals surface area contributed by atoms with E-state index in [9.17, 15) is 4.79 Å². The summed E-state index contributed by atoms with van der Waals surface area (Å²) in [6.07, 6.45) is 5.38. The molecule has 1 heterocycles. The Labute approximate surface area is 184 Å². The summed E-state index contributed by atoms with van der Waals surface area (Å²) in [7, 11) is 1.75. The third kappa shape index (κ3) is 8.99. The minimum absolute atomic E-state index is 0. The number of aliphatic imine (C=N–C) groups is 1. The highest BCUT2D eigenvalue weighted by molar-refractivity contribution is 14.0. The Morgan fingerprint density at radius 2 is 1.89 bits per heavy atom. The van der Waals surface area contributed by atoms with Crippen molar-refractivity contribution >= 4 is 41.6 Å². The maximum atomic E-state index is 11.3. The highest BCUT2D eigenvalue weighted by Gasteiger charge is 2.11. The molecule has 0 unspecified atom stereocenters. The lowest BCUT2D eigenvalue weighted by atomic mass is 10.1. The molecule has 0 atom stereocenters. The summed E-state index contributed by atoms with van der Waals surface area (Å²) in [4.78, 5) is 15.5. The van der Waals surface area contributed by atoms with Crippen molar-refractivity contribution in [2.75, 3.05) is 38.7 Å². The van der Waals surface area contributed by atoms with Crippen LogP contribution in [0.4, 0.5) is 5.69 Å². The van der Waals surface area contributed by atoms with Crippen LogP contribution in [0.5, 0.6) is 11.5 Å². The Balaban J connectivity index is 0.00000392. The van der Waals surface area contributed by atoms with Gasteiger partial charge in [0.1, 0.15) is 0 Å². The normalized spacial score (nSPS) is 13.1. The maximum Gasteiger partial charge on any atom is 0.305 e. The second-order valence-electron chi connectivity index (χ2n) is 6.31. The Morgan fingerprint density at radius 3 is 2.64 bits per heavy atom. The van der Waals surface area contributed by atoms with Crippen molar-refractivity contribution in [3.8, 4) is 11.5 Å². The minimum atomic E-state index is -0.102. The monoisotopic (exact) mass is 505 g/mol. The molecule has 1 aliphatic heterocycles. The lowest BCUT2D eigenvalue weighted by Gasteiger charge is -2.14. The number of guanidine groups is 1. The summed E-state index contributed by atoms with van der Waals surface area (Å²) in [5.74, 6) is 2.16. The Bertz CT molecular complexity index is 625. The number of halogens is 1. The zero-order valence-corrected chi connectivity index (χ0v) is 19.1. The first-order valence-electron chi connectivity index (χ1n) is 9.76. The smallest absolute Gasteiger partial charge is 0.305 e. The number of esters is 1. The van der Waals surface area contributed by atoms with Crippen LogP contribution in [0.1, 0.15) is 45.4 Å². The Kier molecular flexibility index (Phi) is 12.4. The molecule has 0 saturated carbocycles. The van der Waals surface area contributed by atoms with E-state index < -0.39 is 0 Å². The number of carbonyl (C=O) groups excluding carboxylic acids is 1. The van der Waals surface area contributed by atoms with Gasteiger partial charge in [-0.3, -0.25) is 9.79 Å². The van der Waals surface area contributed by atoms with Crippen molar-refractivity contribution in [3.05, 3.63) is 18.2 Å². The van der Waals surface area contributed by atoms with Crippen molar-refractivity contribution in [1.29, 1.82) is 0 Å². The molecule has 2 N–H and O–H groups in total. The lowest BCUT2D eigenvalue weighted by Crippen LogP contribution is -2.31. The number of rotatable bonds is 9. The summed E-state index contributed by atoms with van der Waals surface area (Å²) in [5, 5.41) is 6.58. The second-order valence-corrected chi connectivity index (χ2v) is 6.31. The van der Waals surface area contributed by atoms with Gasteiger partial charge in [-0.25, -0.2) is 0 Å². The summed E-state index contributed by atoms with van der Waals surface area (Å²) in [6.45, 7) is 4.46. The predicted molar refractivity (Wildman–Crippen MR) is 122 cm³/mol. The molecule has 0 saturated heterocycles. The Morgan fingerprint density at radius 1 is 1.14 bits per heavy atom. The van der Waals surface area contributed by atoms with Gasteiger partial charge in [0.05, 0.1) is 19.8 Å². The average Bonchev–Trinajstić information content (AvgIpc) is 2.91. The van der Waals surface area contributed by atoms with E-state index in [0.717, 1.165) is 61.8 Å². The molecule has 1 aromatic carbocycles. The standard InChI is InChI=1S/C20H31N3O4.HI/c1-3-25-19(24)9-6-4-5-7-12-22-20(21-2)23-16-10-11-17-18(15-16)27-14-8-13-26-17;/h10-11,15H,3-9,12-14H2,1-2H3,(H2,21,22,23);1H. The molecule has 1 aromatic rings.